The molecule has 0 aromatic carbocycles. The van der Waals surface area contributed by atoms with E-state index < -0.39 is 26.3 Å². The molecule has 0 heterocycles. The van der Waals surface area contributed by atoms with Crippen LogP contribution in [-0.4, -0.2) is 47.1 Å². The van der Waals surface area contributed by atoms with Crippen molar-refractivity contribution < 1.29 is 43.9 Å². The van der Waals surface area contributed by atoms with Gasteiger partial charge in [-0.15, -0.1) is 10.1 Å². The Labute approximate surface area is 158 Å². The number of aliphatic carboxylic acids is 2. The fraction of sp³-hybridized carbons (Fsp3) is 0.500. The summed E-state index contributed by atoms with van der Waals surface area (Å²) < 4.78 is 9.09. The predicted octanol–water partition coefficient (Wildman–Crippen LogP) is 2.42. The minimum Gasteiger partial charge on any atom is -0.481 e. The third-order valence-corrected chi connectivity index (χ3v) is 0. The fourth-order valence-electron chi connectivity index (χ4n) is 0. The highest BCUT2D eigenvalue weighted by atomic mass is 36.0. The molecule has 0 saturated heterocycles. The Balaban J connectivity index is -0.0000000405. The second-order valence-corrected chi connectivity index (χ2v) is 5.99. The Hall–Kier alpha value is -1.21. The first kappa shape index (κ1) is 38.4. The number of halogens is 4. The molecule has 146 valence electrons. The van der Waals surface area contributed by atoms with E-state index in [0.29, 0.717) is 0 Å². The summed E-state index contributed by atoms with van der Waals surface area (Å²) in [6.07, 6.45) is 0. The lowest BCUT2D eigenvalue weighted by Gasteiger charge is -1.59. The lowest BCUT2D eigenvalue weighted by atomic mass is 10.9. The fourth-order valence-corrected chi connectivity index (χ4v) is 0. The quantitative estimate of drug-likeness (QED) is 0.276. The molecule has 0 fully saturated rings. The van der Waals surface area contributed by atoms with Gasteiger partial charge in [0.15, 0.2) is 0 Å². The van der Waals surface area contributed by atoms with Crippen LogP contribution in [0.15, 0.2) is 0 Å². The van der Waals surface area contributed by atoms with E-state index >= 15 is 0 Å². The van der Waals surface area contributed by atoms with Crippen molar-refractivity contribution in [2.75, 3.05) is 0 Å². The molecule has 16 heteroatoms. The van der Waals surface area contributed by atoms with Crippen LogP contribution in [-0.2, 0) is 28.4 Å². The minimum atomic E-state index is -1.67. The number of carboxylic acid groups (broad SMARTS) is 2. The highest BCUT2D eigenvalue weighted by Crippen LogP contribution is 1.89. The third kappa shape index (κ3) is 5560. The van der Waals surface area contributed by atoms with Crippen LogP contribution in [0.4, 0.5) is 0 Å². The molecular formula is C8H15Cl4NO10S. The highest BCUT2D eigenvalue weighted by molar-refractivity contribution is 8.26. The third-order valence-electron chi connectivity index (χ3n) is 0. The first-order valence-corrected chi connectivity index (χ1v) is 8.24. The van der Waals surface area contributed by atoms with Gasteiger partial charge in [0.2, 0.25) is 19.7 Å². The van der Waals surface area contributed by atoms with Crippen LogP contribution in [0.3, 0.4) is 0 Å². The number of rotatable bonds is 0. The zero-order valence-corrected chi connectivity index (χ0v) is 16.4. The van der Waals surface area contributed by atoms with Gasteiger partial charge in [0.1, 0.15) is 0 Å². The van der Waals surface area contributed by atoms with Crippen LogP contribution >= 0.6 is 44.6 Å². The molecule has 0 radical (unpaired) electrons. The SMILES string of the molecule is CC(=O)Cl.CC(=O)Cl.CC(=O)O.CC(=O)O.O=S(Cl)Cl.O=[N+]([O-])O. The van der Waals surface area contributed by atoms with E-state index in [0.717, 1.165) is 13.8 Å². The Morgan fingerprint density at radius 3 is 0.875 bits per heavy atom. The van der Waals surface area contributed by atoms with Gasteiger partial charge in [-0.1, -0.05) is 0 Å². The standard InChI is InChI=1S/2C2H3ClO.2C2H4O2.Cl2OS.HNO3/c4*1-2(3)4;1-4(2)3;2-1(3)4/h2*1H3;2*1H3,(H,3,4);;(H,2,3,4). The van der Waals surface area contributed by atoms with E-state index in [-0.39, 0.29) is 10.5 Å². The molecule has 0 aromatic heterocycles. The van der Waals surface area contributed by atoms with Gasteiger partial charge < -0.3 is 15.4 Å². The van der Waals surface area contributed by atoms with E-state index in [1.165, 1.54) is 13.8 Å². The maximum atomic E-state index is 9.21. The monoisotopic (exact) mass is 457 g/mol. The molecule has 0 aromatic rings. The summed E-state index contributed by atoms with van der Waals surface area (Å²) in [7, 11) is 7.36. The number of nitrogens with zero attached hydrogens (tertiary/aromatic N) is 1. The minimum absolute atomic E-state index is 0.361. The first-order valence-electron chi connectivity index (χ1n) is 4.68. The molecule has 0 amide bonds. The molecule has 0 atom stereocenters. The van der Waals surface area contributed by atoms with E-state index in [2.05, 4.69) is 44.6 Å². The molecule has 24 heavy (non-hydrogen) atoms. The molecule has 3 N–H and O–H groups in total. The van der Waals surface area contributed by atoms with E-state index in [4.69, 9.17) is 39.3 Å². The normalized spacial score (nSPS) is 6.71. The van der Waals surface area contributed by atoms with Gasteiger partial charge in [0.05, 0.1) is 0 Å². The van der Waals surface area contributed by atoms with Crippen molar-refractivity contribution in [1.82, 2.24) is 0 Å². The van der Waals surface area contributed by atoms with Gasteiger partial charge in [-0.05, 0) is 23.2 Å². The van der Waals surface area contributed by atoms with Crippen molar-refractivity contribution in [2.24, 2.45) is 0 Å². The zero-order chi connectivity index (χ0) is 21.5. The average molecular weight is 459 g/mol. The summed E-state index contributed by atoms with van der Waals surface area (Å²) >= 11 is 9.27. The van der Waals surface area contributed by atoms with Crippen molar-refractivity contribution in [3.8, 4) is 0 Å². The van der Waals surface area contributed by atoms with E-state index in [1.807, 2.05) is 0 Å². The van der Waals surface area contributed by atoms with Crippen molar-refractivity contribution in [3.05, 3.63) is 10.1 Å². The Morgan fingerprint density at radius 1 is 0.875 bits per heavy atom. The Kier molecular flexibility index (Phi) is 53.4. The zero-order valence-electron chi connectivity index (χ0n) is 12.6. The lowest BCUT2D eigenvalue weighted by Crippen LogP contribution is -1.81. The number of carboxylic acids is 2. The van der Waals surface area contributed by atoms with Crippen LogP contribution < -0.4 is 0 Å². The molecule has 0 rings (SSSR count). The second kappa shape index (κ2) is 33.4. The smallest absolute Gasteiger partial charge is 0.300 e. The Bertz CT molecular complexity index is 276. The van der Waals surface area contributed by atoms with Gasteiger partial charge in [-0.25, -0.2) is 4.21 Å². The van der Waals surface area contributed by atoms with Crippen molar-refractivity contribution in [3.63, 3.8) is 0 Å². The maximum absolute atomic E-state index is 9.21. The molecule has 0 saturated carbocycles. The van der Waals surface area contributed by atoms with Crippen LogP contribution in [0.25, 0.3) is 0 Å². The number of carbonyl (C=O) groups excluding carboxylic acids is 2. The van der Waals surface area contributed by atoms with Crippen LogP contribution in [0, 0.1) is 10.1 Å². The molecule has 0 bridgehead atoms. The summed E-state index contributed by atoms with van der Waals surface area (Å²) in [4.78, 5) is 44.8. The predicted molar refractivity (Wildman–Crippen MR) is 88.3 cm³/mol. The molecule has 0 aliphatic rings. The number of hydrogen-bond donors (Lipinski definition) is 3. The van der Waals surface area contributed by atoms with E-state index in [1.54, 1.807) is 0 Å². The first-order chi connectivity index (χ1) is 10.4. The summed E-state index contributed by atoms with van der Waals surface area (Å²) in [6, 6.07) is 0. The summed E-state index contributed by atoms with van der Waals surface area (Å²) in [5.41, 5.74) is 0. The van der Waals surface area contributed by atoms with Gasteiger partial charge in [0.25, 0.3) is 17.0 Å². The summed E-state index contributed by atoms with van der Waals surface area (Å²) in [5, 5.41) is 27.8. The maximum Gasteiger partial charge on any atom is 0.300 e. The molecule has 0 unspecified atom stereocenters. The topological polar surface area (TPSA) is 189 Å². The van der Waals surface area contributed by atoms with Gasteiger partial charge in [-0.3, -0.25) is 19.2 Å². The van der Waals surface area contributed by atoms with Crippen LogP contribution in [0.2, 0.25) is 0 Å². The highest BCUT2D eigenvalue weighted by Gasteiger charge is 1.68. The average Bonchev–Trinajstić information content (AvgIpc) is 2.08. The lowest BCUT2D eigenvalue weighted by molar-refractivity contribution is -0.742. The van der Waals surface area contributed by atoms with Crippen LogP contribution in [0.5, 0.6) is 0 Å². The van der Waals surface area contributed by atoms with E-state index in [9.17, 15) is 9.59 Å². The van der Waals surface area contributed by atoms with Crippen molar-refractivity contribution >= 4 is 76.2 Å². The largest absolute Gasteiger partial charge is 0.481 e. The second-order valence-electron chi connectivity index (χ2n) is 2.40. The van der Waals surface area contributed by atoms with Crippen LogP contribution in [0.1, 0.15) is 27.7 Å². The van der Waals surface area contributed by atoms with Crippen molar-refractivity contribution in [1.29, 1.82) is 0 Å². The van der Waals surface area contributed by atoms with Crippen molar-refractivity contribution in [2.45, 2.75) is 27.7 Å². The molecular weight excluding hydrogens is 444 g/mol. The Morgan fingerprint density at radius 2 is 0.875 bits per heavy atom. The summed E-state index contributed by atoms with van der Waals surface area (Å²) in [5.74, 6) is -1.67. The summed E-state index contributed by atoms with van der Waals surface area (Å²) in [6.45, 7) is 4.75. The van der Waals surface area contributed by atoms with Gasteiger partial charge in [0, 0.05) is 49.1 Å². The number of carbonyl (C=O) groups is 4. The molecule has 0 spiro atoms. The van der Waals surface area contributed by atoms with Gasteiger partial charge in [-0.2, -0.15) is 0 Å². The molecule has 11 nitrogen and oxygen atoms in total. The molecule has 0 aliphatic heterocycles. The van der Waals surface area contributed by atoms with Gasteiger partial charge >= 0.3 is 0 Å². The number of hydrogen-bond acceptors (Lipinski definition) is 7. The molecule has 0 aliphatic carbocycles.